The second-order valence-electron chi connectivity index (χ2n) is 8.33. The van der Waals surface area contributed by atoms with Crippen molar-refractivity contribution in [2.75, 3.05) is 31.1 Å². The first kappa shape index (κ1) is 20.1. The molecule has 2 fully saturated rings. The molecule has 2 aliphatic heterocycles. The van der Waals surface area contributed by atoms with Crippen LogP contribution in [0.5, 0.6) is 0 Å². The Morgan fingerprint density at radius 1 is 1.13 bits per heavy atom. The molecule has 2 aliphatic rings. The van der Waals surface area contributed by atoms with Gasteiger partial charge in [0.25, 0.3) is 5.91 Å². The molecule has 9 heteroatoms. The number of thiazole rings is 1. The Balaban J connectivity index is 1.40. The smallest absolute Gasteiger partial charge is 0.265 e. The molecule has 5 heterocycles. The molecular formula is C22H26N6O2S. The molecule has 0 unspecified atom stereocenters. The first-order valence-corrected chi connectivity index (χ1v) is 11.7. The summed E-state index contributed by atoms with van der Waals surface area (Å²) in [4.78, 5) is 31.7. The summed E-state index contributed by atoms with van der Waals surface area (Å²) in [5.41, 5.74) is 5.30. The minimum absolute atomic E-state index is 0.0879. The number of carbonyl (C=O) groups excluding carboxylic acids is 1. The summed E-state index contributed by atoms with van der Waals surface area (Å²) in [5.74, 6) is 1.84. The zero-order valence-corrected chi connectivity index (χ0v) is 18.7. The molecule has 31 heavy (non-hydrogen) atoms. The number of piperidine rings is 1. The summed E-state index contributed by atoms with van der Waals surface area (Å²) in [5, 5.41) is 4.05. The fourth-order valence-electron chi connectivity index (χ4n) is 4.45. The molecule has 3 aromatic rings. The van der Waals surface area contributed by atoms with E-state index in [4.69, 9.17) is 9.51 Å². The maximum absolute atomic E-state index is 12.9. The number of carbonyl (C=O) groups is 1. The number of likely N-dealkylation sites (tertiary alicyclic amines) is 1. The van der Waals surface area contributed by atoms with Gasteiger partial charge >= 0.3 is 0 Å². The second kappa shape index (κ2) is 8.37. The quantitative estimate of drug-likeness (QED) is 0.612. The highest BCUT2D eigenvalue weighted by Crippen LogP contribution is 2.36. The van der Waals surface area contributed by atoms with E-state index in [1.165, 1.54) is 24.2 Å². The van der Waals surface area contributed by atoms with Gasteiger partial charge in [-0.05, 0) is 39.5 Å². The van der Waals surface area contributed by atoms with Crippen LogP contribution in [0.1, 0.15) is 58.4 Å². The van der Waals surface area contributed by atoms with E-state index in [1.54, 1.807) is 5.51 Å². The molecule has 0 N–H and O–H groups in total. The maximum atomic E-state index is 12.9. The van der Waals surface area contributed by atoms with Gasteiger partial charge in [0.2, 0.25) is 5.95 Å². The van der Waals surface area contributed by atoms with Crippen molar-refractivity contribution in [1.82, 2.24) is 25.0 Å². The van der Waals surface area contributed by atoms with E-state index in [0.717, 1.165) is 59.4 Å². The zero-order chi connectivity index (χ0) is 21.4. The maximum Gasteiger partial charge on any atom is 0.265 e. The number of hydrogen-bond donors (Lipinski definition) is 0. The van der Waals surface area contributed by atoms with E-state index in [-0.39, 0.29) is 11.8 Å². The summed E-state index contributed by atoms with van der Waals surface area (Å²) in [7, 11) is 0. The van der Waals surface area contributed by atoms with Crippen LogP contribution in [0.4, 0.5) is 5.95 Å². The van der Waals surface area contributed by atoms with E-state index in [2.05, 4.69) is 20.0 Å². The third kappa shape index (κ3) is 3.94. The van der Waals surface area contributed by atoms with E-state index < -0.39 is 0 Å². The largest absolute Gasteiger partial charge is 0.356 e. The molecular weight excluding hydrogens is 412 g/mol. The lowest BCUT2D eigenvalue weighted by Gasteiger charge is -2.32. The normalized spacial score (nSPS) is 17.5. The molecule has 3 aromatic heterocycles. The van der Waals surface area contributed by atoms with Gasteiger partial charge in [0.1, 0.15) is 4.88 Å². The number of anilines is 1. The van der Waals surface area contributed by atoms with Gasteiger partial charge in [0.15, 0.2) is 5.76 Å². The highest BCUT2D eigenvalue weighted by molar-refractivity contribution is 7.11. The number of hydrogen-bond acceptors (Lipinski definition) is 8. The summed E-state index contributed by atoms with van der Waals surface area (Å²) < 4.78 is 5.55. The van der Waals surface area contributed by atoms with Crippen LogP contribution in [-0.4, -0.2) is 57.1 Å². The van der Waals surface area contributed by atoms with Crippen molar-refractivity contribution in [2.24, 2.45) is 0 Å². The molecule has 5 rings (SSSR count). The first-order valence-electron chi connectivity index (χ1n) is 10.8. The van der Waals surface area contributed by atoms with Gasteiger partial charge in [0.05, 0.1) is 28.2 Å². The second-order valence-corrected chi connectivity index (χ2v) is 9.18. The molecule has 8 nitrogen and oxygen atoms in total. The van der Waals surface area contributed by atoms with Gasteiger partial charge in [0, 0.05) is 44.4 Å². The summed E-state index contributed by atoms with van der Waals surface area (Å²) in [6, 6.07) is 1.93. The molecule has 0 aromatic carbocycles. The fourth-order valence-corrected chi connectivity index (χ4v) is 5.22. The summed E-state index contributed by atoms with van der Waals surface area (Å²) in [6.45, 7) is 7.22. The molecule has 0 aliphatic carbocycles. The summed E-state index contributed by atoms with van der Waals surface area (Å²) in [6.07, 6.45) is 5.97. The van der Waals surface area contributed by atoms with E-state index >= 15 is 0 Å². The molecule has 0 bridgehead atoms. The van der Waals surface area contributed by atoms with Gasteiger partial charge in [-0.2, -0.15) is 0 Å². The molecule has 0 spiro atoms. The number of amides is 1. The van der Waals surface area contributed by atoms with Crippen LogP contribution >= 0.6 is 11.3 Å². The fraction of sp³-hybridized carbons (Fsp3) is 0.500. The molecule has 0 saturated carbocycles. The lowest BCUT2D eigenvalue weighted by molar-refractivity contribution is 0.0716. The third-order valence-electron chi connectivity index (χ3n) is 6.20. The van der Waals surface area contributed by atoms with Crippen LogP contribution in [0.2, 0.25) is 0 Å². The van der Waals surface area contributed by atoms with Crippen LogP contribution in [0, 0.1) is 13.8 Å². The minimum atomic E-state index is 0.0879. The van der Waals surface area contributed by atoms with Crippen LogP contribution in [0.15, 0.2) is 22.3 Å². The molecule has 1 amide bonds. The SMILES string of the molecule is Cc1cc(-c2cnc(N3CCCC3)nc2C2CCN(C(=O)c3scnc3C)CC2)on1. The van der Waals surface area contributed by atoms with Crippen molar-refractivity contribution in [2.45, 2.75) is 45.4 Å². The van der Waals surface area contributed by atoms with Gasteiger partial charge in [-0.15, -0.1) is 11.3 Å². The Kier molecular flexibility index (Phi) is 5.43. The third-order valence-corrected chi connectivity index (χ3v) is 7.11. The number of rotatable bonds is 4. The number of nitrogens with zero attached hydrogens (tertiary/aromatic N) is 6. The Labute approximate surface area is 185 Å². The number of aryl methyl sites for hydroxylation is 2. The van der Waals surface area contributed by atoms with Crippen molar-refractivity contribution in [3.05, 3.63) is 39.7 Å². The summed E-state index contributed by atoms with van der Waals surface area (Å²) >= 11 is 1.42. The van der Waals surface area contributed by atoms with Crippen molar-refractivity contribution < 1.29 is 9.32 Å². The van der Waals surface area contributed by atoms with Crippen molar-refractivity contribution in [3.8, 4) is 11.3 Å². The monoisotopic (exact) mass is 438 g/mol. The van der Waals surface area contributed by atoms with Crippen LogP contribution in [-0.2, 0) is 0 Å². The van der Waals surface area contributed by atoms with Gasteiger partial charge < -0.3 is 14.3 Å². The Hall–Kier alpha value is -2.81. The first-order chi connectivity index (χ1) is 15.1. The number of aromatic nitrogens is 4. The standard InChI is InChI=1S/C22H26N6O2S/c1-14-11-18(30-26-14)17-12-23-22(28-7-3-4-8-28)25-19(17)16-5-9-27(10-6-16)21(29)20-15(2)24-13-31-20/h11-13,16H,3-10H2,1-2H3. The van der Waals surface area contributed by atoms with Crippen molar-refractivity contribution in [1.29, 1.82) is 0 Å². The Morgan fingerprint density at radius 3 is 2.55 bits per heavy atom. The predicted octanol–water partition coefficient (Wildman–Crippen LogP) is 3.82. The molecule has 162 valence electrons. The Bertz CT molecular complexity index is 1080. The van der Waals surface area contributed by atoms with E-state index in [1.807, 2.05) is 31.0 Å². The Morgan fingerprint density at radius 2 is 1.90 bits per heavy atom. The highest BCUT2D eigenvalue weighted by atomic mass is 32.1. The van der Waals surface area contributed by atoms with E-state index in [9.17, 15) is 4.79 Å². The highest BCUT2D eigenvalue weighted by Gasteiger charge is 2.30. The van der Waals surface area contributed by atoms with Crippen LogP contribution in [0.3, 0.4) is 0 Å². The van der Waals surface area contributed by atoms with Gasteiger partial charge in [-0.3, -0.25) is 4.79 Å². The van der Waals surface area contributed by atoms with Crippen LogP contribution in [0.25, 0.3) is 11.3 Å². The average molecular weight is 439 g/mol. The van der Waals surface area contributed by atoms with Gasteiger partial charge in [-0.25, -0.2) is 15.0 Å². The molecule has 0 atom stereocenters. The molecule has 0 radical (unpaired) electrons. The lowest BCUT2D eigenvalue weighted by atomic mass is 9.90. The van der Waals surface area contributed by atoms with Crippen molar-refractivity contribution >= 4 is 23.2 Å². The topological polar surface area (TPSA) is 88.3 Å². The molecule has 2 saturated heterocycles. The predicted molar refractivity (Wildman–Crippen MR) is 118 cm³/mol. The van der Waals surface area contributed by atoms with Crippen molar-refractivity contribution in [3.63, 3.8) is 0 Å². The van der Waals surface area contributed by atoms with Gasteiger partial charge in [-0.1, -0.05) is 5.16 Å². The average Bonchev–Trinajstić information content (AvgIpc) is 3.55. The minimum Gasteiger partial charge on any atom is -0.356 e. The zero-order valence-electron chi connectivity index (χ0n) is 17.9. The lowest BCUT2D eigenvalue weighted by Crippen LogP contribution is -2.38. The van der Waals surface area contributed by atoms with Crippen LogP contribution < -0.4 is 4.90 Å². The van der Waals surface area contributed by atoms with E-state index in [0.29, 0.717) is 18.8 Å².